The molecule has 0 bridgehead atoms. The van der Waals surface area contributed by atoms with Gasteiger partial charge in [0.1, 0.15) is 5.41 Å². The van der Waals surface area contributed by atoms with E-state index >= 15 is 0 Å². The second-order valence-corrected chi connectivity index (χ2v) is 5.56. The number of carboxylic acids is 1. The van der Waals surface area contributed by atoms with Crippen molar-refractivity contribution in [3.8, 4) is 11.5 Å². The number of hydrogen-bond donors (Lipinski definition) is 1. The highest BCUT2D eigenvalue weighted by Gasteiger charge is 2.46. The van der Waals surface area contributed by atoms with Gasteiger partial charge in [-0.05, 0) is 24.6 Å². The molecule has 22 heavy (non-hydrogen) atoms. The second-order valence-electron chi connectivity index (χ2n) is 5.56. The van der Waals surface area contributed by atoms with Crippen molar-refractivity contribution in [2.24, 2.45) is 5.41 Å². The van der Waals surface area contributed by atoms with Crippen LogP contribution in [0.25, 0.3) is 0 Å². The number of benzene rings is 1. The Hall–Kier alpha value is -2.28. The normalized spacial score (nSPS) is 22.9. The standard InChI is InChI=1S/C15H17NO6/c1-20-8-15(14(18)19)4-5-16(7-15)13(17)10-2-3-11-12(6-10)22-9-21-11/h2-3,6H,4-5,7-9H2,1H3,(H,18,19). The highest BCUT2D eigenvalue weighted by Crippen LogP contribution is 2.35. The fraction of sp³-hybridized carbons (Fsp3) is 0.467. The van der Waals surface area contributed by atoms with Crippen molar-refractivity contribution in [3.05, 3.63) is 23.8 Å². The zero-order chi connectivity index (χ0) is 15.7. The van der Waals surface area contributed by atoms with Crippen molar-refractivity contribution in [1.29, 1.82) is 0 Å². The van der Waals surface area contributed by atoms with Gasteiger partial charge in [-0.2, -0.15) is 0 Å². The van der Waals surface area contributed by atoms with Gasteiger partial charge >= 0.3 is 5.97 Å². The summed E-state index contributed by atoms with van der Waals surface area (Å²) >= 11 is 0. The van der Waals surface area contributed by atoms with E-state index in [2.05, 4.69) is 0 Å². The van der Waals surface area contributed by atoms with Gasteiger partial charge in [-0.1, -0.05) is 0 Å². The van der Waals surface area contributed by atoms with Crippen LogP contribution >= 0.6 is 0 Å². The largest absolute Gasteiger partial charge is 0.481 e. The third-order valence-electron chi connectivity index (χ3n) is 4.13. The Labute approximate surface area is 127 Å². The summed E-state index contributed by atoms with van der Waals surface area (Å²) in [5.74, 6) is -0.00320. The fourth-order valence-corrected chi connectivity index (χ4v) is 2.89. The Morgan fingerprint density at radius 1 is 1.36 bits per heavy atom. The van der Waals surface area contributed by atoms with Crippen LogP contribution in [0.15, 0.2) is 18.2 Å². The average Bonchev–Trinajstić information content (AvgIpc) is 3.13. The van der Waals surface area contributed by atoms with E-state index in [1.807, 2.05) is 0 Å². The Bertz CT molecular complexity index is 616. The molecule has 2 aliphatic heterocycles. The van der Waals surface area contributed by atoms with Gasteiger partial charge in [-0.3, -0.25) is 9.59 Å². The Kier molecular flexibility index (Phi) is 3.66. The van der Waals surface area contributed by atoms with E-state index in [-0.39, 0.29) is 25.9 Å². The smallest absolute Gasteiger partial charge is 0.313 e. The monoisotopic (exact) mass is 307 g/mol. The number of ether oxygens (including phenoxy) is 3. The zero-order valence-electron chi connectivity index (χ0n) is 12.2. The van der Waals surface area contributed by atoms with Gasteiger partial charge in [-0.25, -0.2) is 0 Å². The van der Waals surface area contributed by atoms with Crippen LogP contribution in [0.4, 0.5) is 0 Å². The van der Waals surface area contributed by atoms with Gasteiger partial charge in [0.05, 0.1) is 6.61 Å². The molecule has 3 rings (SSSR count). The highest BCUT2D eigenvalue weighted by molar-refractivity contribution is 5.95. The summed E-state index contributed by atoms with van der Waals surface area (Å²) in [6.07, 6.45) is 0.381. The van der Waals surface area contributed by atoms with Crippen LogP contribution < -0.4 is 9.47 Å². The zero-order valence-corrected chi connectivity index (χ0v) is 12.2. The molecule has 1 aromatic rings. The number of amides is 1. The van der Waals surface area contributed by atoms with Crippen molar-refractivity contribution >= 4 is 11.9 Å². The Morgan fingerprint density at radius 3 is 2.86 bits per heavy atom. The Balaban J connectivity index is 1.78. The maximum absolute atomic E-state index is 12.6. The van der Waals surface area contributed by atoms with Gasteiger partial charge in [-0.15, -0.1) is 0 Å². The van der Waals surface area contributed by atoms with E-state index in [1.54, 1.807) is 23.1 Å². The number of aliphatic carboxylic acids is 1. The fourth-order valence-electron chi connectivity index (χ4n) is 2.89. The van der Waals surface area contributed by atoms with Gasteiger partial charge in [0.25, 0.3) is 5.91 Å². The minimum atomic E-state index is -1.03. The van der Waals surface area contributed by atoms with Gasteiger partial charge in [0.15, 0.2) is 11.5 Å². The Morgan fingerprint density at radius 2 is 2.14 bits per heavy atom. The number of carbonyl (C=O) groups is 2. The van der Waals surface area contributed by atoms with E-state index in [4.69, 9.17) is 14.2 Å². The number of carbonyl (C=O) groups excluding carboxylic acids is 1. The molecule has 1 saturated heterocycles. The minimum Gasteiger partial charge on any atom is -0.481 e. The van der Waals surface area contributed by atoms with Gasteiger partial charge in [0, 0.05) is 25.8 Å². The number of methoxy groups -OCH3 is 1. The summed E-state index contributed by atoms with van der Waals surface area (Å²) in [5, 5.41) is 9.44. The topological polar surface area (TPSA) is 85.3 Å². The first-order chi connectivity index (χ1) is 10.6. The summed E-state index contributed by atoms with van der Waals surface area (Å²) in [5.41, 5.74) is -0.566. The van der Waals surface area contributed by atoms with Crippen LogP contribution in [0, 0.1) is 5.41 Å². The van der Waals surface area contributed by atoms with Gasteiger partial charge < -0.3 is 24.2 Å². The number of likely N-dealkylation sites (tertiary alicyclic amines) is 1. The molecule has 0 spiro atoms. The van der Waals surface area contributed by atoms with Crippen LogP contribution in [0.1, 0.15) is 16.8 Å². The number of hydrogen-bond acceptors (Lipinski definition) is 5. The molecule has 7 heteroatoms. The van der Waals surface area contributed by atoms with E-state index in [0.717, 1.165) is 0 Å². The molecular weight excluding hydrogens is 290 g/mol. The lowest BCUT2D eigenvalue weighted by atomic mass is 9.88. The maximum Gasteiger partial charge on any atom is 0.313 e. The van der Waals surface area contributed by atoms with Crippen LogP contribution in [0.2, 0.25) is 0 Å². The first-order valence-electron chi connectivity index (χ1n) is 6.97. The van der Waals surface area contributed by atoms with Crippen LogP contribution in [0.5, 0.6) is 11.5 Å². The highest BCUT2D eigenvalue weighted by atomic mass is 16.7. The van der Waals surface area contributed by atoms with Crippen molar-refractivity contribution in [2.75, 3.05) is 33.6 Å². The predicted octanol–water partition coefficient (Wildman–Crippen LogP) is 0.979. The van der Waals surface area contributed by atoms with Crippen LogP contribution in [-0.2, 0) is 9.53 Å². The summed E-state index contributed by atoms with van der Waals surface area (Å²) in [4.78, 5) is 25.6. The van der Waals surface area contributed by atoms with Crippen molar-refractivity contribution in [2.45, 2.75) is 6.42 Å². The molecule has 118 valence electrons. The quantitative estimate of drug-likeness (QED) is 0.892. The minimum absolute atomic E-state index is 0.0905. The maximum atomic E-state index is 12.6. The van der Waals surface area contributed by atoms with Crippen LogP contribution in [-0.4, -0.2) is 55.5 Å². The van der Waals surface area contributed by atoms with Crippen LogP contribution in [0.3, 0.4) is 0 Å². The van der Waals surface area contributed by atoms with Crippen molar-refractivity contribution in [3.63, 3.8) is 0 Å². The number of rotatable bonds is 4. The van der Waals surface area contributed by atoms with E-state index in [0.29, 0.717) is 30.0 Å². The molecule has 2 aliphatic rings. The van der Waals surface area contributed by atoms with E-state index in [9.17, 15) is 14.7 Å². The number of carboxylic acid groups (broad SMARTS) is 1. The first kappa shape index (κ1) is 14.6. The molecule has 0 aliphatic carbocycles. The lowest BCUT2D eigenvalue weighted by molar-refractivity contribution is -0.151. The first-order valence-corrected chi connectivity index (χ1v) is 6.97. The van der Waals surface area contributed by atoms with E-state index < -0.39 is 11.4 Å². The van der Waals surface area contributed by atoms with Gasteiger partial charge in [0.2, 0.25) is 6.79 Å². The molecule has 1 atom stereocenters. The molecule has 1 unspecified atom stereocenters. The SMILES string of the molecule is COCC1(C(=O)O)CCN(C(=O)c2ccc3c(c2)OCO3)C1. The molecule has 0 saturated carbocycles. The average molecular weight is 307 g/mol. The molecule has 0 aromatic heterocycles. The van der Waals surface area contributed by atoms with Crippen molar-refractivity contribution < 1.29 is 28.9 Å². The molecule has 1 amide bonds. The summed E-state index contributed by atoms with van der Waals surface area (Å²) in [7, 11) is 1.47. The molecule has 1 N–H and O–H groups in total. The summed E-state index contributed by atoms with van der Waals surface area (Å²) in [6, 6.07) is 4.97. The number of fused-ring (bicyclic) bond motifs is 1. The molecule has 1 fully saturated rings. The van der Waals surface area contributed by atoms with E-state index in [1.165, 1.54) is 7.11 Å². The predicted molar refractivity (Wildman–Crippen MR) is 75.0 cm³/mol. The van der Waals surface area contributed by atoms with Crippen molar-refractivity contribution in [1.82, 2.24) is 4.90 Å². The third kappa shape index (κ3) is 2.37. The lowest BCUT2D eigenvalue weighted by Crippen LogP contribution is -2.40. The molecular formula is C15H17NO6. The molecule has 1 aromatic carbocycles. The molecule has 0 radical (unpaired) electrons. The summed E-state index contributed by atoms with van der Waals surface area (Å²) < 4.78 is 15.5. The summed E-state index contributed by atoms with van der Waals surface area (Å²) in [6.45, 7) is 0.770. The third-order valence-corrected chi connectivity index (χ3v) is 4.13. The lowest BCUT2D eigenvalue weighted by Gasteiger charge is -2.23. The second kappa shape index (κ2) is 5.49. The number of nitrogens with zero attached hydrogens (tertiary/aromatic N) is 1. The molecule has 7 nitrogen and oxygen atoms in total. The molecule has 2 heterocycles.